The van der Waals surface area contributed by atoms with E-state index in [1.165, 1.54) is 10.5 Å². The van der Waals surface area contributed by atoms with Crippen LogP contribution in [0.4, 0.5) is 0 Å². The Morgan fingerprint density at radius 3 is 2.69 bits per heavy atom. The first-order valence-electron chi connectivity index (χ1n) is 8.59. The fourth-order valence-electron chi connectivity index (χ4n) is 3.39. The second-order valence-electron chi connectivity index (χ2n) is 6.52. The van der Waals surface area contributed by atoms with Gasteiger partial charge in [-0.05, 0) is 29.3 Å². The smallest absolute Gasteiger partial charge is 0.166 e. The van der Waals surface area contributed by atoms with E-state index in [1.54, 1.807) is 26.0 Å². The van der Waals surface area contributed by atoms with Crippen LogP contribution in [0.25, 0.3) is 11.1 Å². The Labute approximate surface area is 157 Å². The van der Waals surface area contributed by atoms with Crippen molar-refractivity contribution in [1.29, 1.82) is 0 Å². The third kappa shape index (κ3) is 2.84. The number of hydrogen-bond acceptors (Lipinski definition) is 4. The minimum atomic E-state index is -0.0151. The van der Waals surface area contributed by atoms with Gasteiger partial charge in [0.2, 0.25) is 0 Å². The first-order valence-corrected chi connectivity index (χ1v) is 9.41. The highest BCUT2D eigenvalue weighted by Gasteiger charge is 2.28. The topological polar surface area (TPSA) is 35.5 Å². The Morgan fingerprint density at radius 2 is 1.92 bits per heavy atom. The lowest BCUT2D eigenvalue weighted by molar-refractivity contribution is -0.117. The number of Topliss-reactive ketones (excluding diaryl/α,β-unsaturated/α-hetero) is 1. The summed E-state index contributed by atoms with van der Waals surface area (Å²) < 4.78 is 10.8. The van der Waals surface area contributed by atoms with Crippen LogP contribution in [0.15, 0.2) is 63.9 Å². The Hall–Kier alpha value is -2.46. The van der Waals surface area contributed by atoms with Crippen molar-refractivity contribution < 1.29 is 14.3 Å². The summed E-state index contributed by atoms with van der Waals surface area (Å²) in [5.74, 6) is 1.79. The van der Waals surface area contributed by atoms with Crippen molar-refractivity contribution in [2.75, 3.05) is 14.2 Å². The van der Waals surface area contributed by atoms with E-state index in [2.05, 4.69) is 24.3 Å². The van der Waals surface area contributed by atoms with E-state index in [1.807, 2.05) is 31.2 Å². The van der Waals surface area contributed by atoms with Gasteiger partial charge < -0.3 is 9.47 Å². The number of carbonyl (C=O) groups is 1. The number of fused-ring (bicyclic) bond motifs is 1. The molecule has 3 nitrogen and oxygen atoms in total. The van der Waals surface area contributed by atoms with Crippen molar-refractivity contribution in [3.63, 3.8) is 0 Å². The normalized spacial score (nSPS) is 18.4. The summed E-state index contributed by atoms with van der Waals surface area (Å²) in [7, 11) is 3.32. The molecule has 4 rings (SSSR count). The average molecular weight is 364 g/mol. The summed E-state index contributed by atoms with van der Waals surface area (Å²) in [6.45, 7) is 1.96. The van der Waals surface area contributed by atoms with Gasteiger partial charge in [-0.25, -0.2) is 0 Å². The van der Waals surface area contributed by atoms with E-state index in [-0.39, 0.29) is 11.7 Å². The third-order valence-electron chi connectivity index (χ3n) is 4.92. The highest BCUT2D eigenvalue weighted by molar-refractivity contribution is 8.03. The molecule has 1 aliphatic carbocycles. The average Bonchev–Trinajstić information content (AvgIpc) is 2.68. The number of rotatable bonds is 3. The van der Waals surface area contributed by atoms with Crippen molar-refractivity contribution in [2.24, 2.45) is 5.92 Å². The highest BCUT2D eigenvalue weighted by Crippen LogP contribution is 2.44. The van der Waals surface area contributed by atoms with Crippen LogP contribution in [0.1, 0.15) is 12.5 Å². The van der Waals surface area contributed by atoms with Gasteiger partial charge in [0.25, 0.3) is 0 Å². The van der Waals surface area contributed by atoms with Gasteiger partial charge in [-0.2, -0.15) is 0 Å². The maximum Gasteiger partial charge on any atom is 0.166 e. The summed E-state index contributed by atoms with van der Waals surface area (Å²) in [6, 6.07) is 12.3. The van der Waals surface area contributed by atoms with Gasteiger partial charge in [-0.3, -0.25) is 4.79 Å². The van der Waals surface area contributed by atoms with Gasteiger partial charge in [-0.15, -0.1) is 0 Å². The predicted molar refractivity (Wildman–Crippen MR) is 105 cm³/mol. The van der Waals surface area contributed by atoms with Crippen molar-refractivity contribution in [3.05, 3.63) is 64.6 Å². The number of ketones is 1. The summed E-state index contributed by atoms with van der Waals surface area (Å²) in [6.07, 6.45) is 4.80. The van der Waals surface area contributed by atoms with E-state index >= 15 is 0 Å². The maximum absolute atomic E-state index is 12.5. The third-order valence-corrected chi connectivity index (χ3v) is 6.12. The van der Waals surface area contributed by atoms with Crippen LogP contribution in [0.3, 0.4) is 0 Å². The van der Waals surface area contributed by atoms with Gasteiger partial charge >= 0.3 is 0 Å². The second kappa shape index (κ2) is 6.69. The van der Waals surface area contributed by atoms with Crippen LogP contribution in [-0.4, -0.2) is 20.0 Å². The fraction of sp³-hybridized carbons (Fsp3) is 0.227. The van der Waals surface area contributed by atoms with Crippen LogP contribution in [0, 0.1) is 5.92 Å². The summed E-state index contributed by atoms with van der Waals surface area (Å²) >= 11 is 1.68. The SMILES string of the molecule is COc1ccc(-c2ccc3c(c2)SC2=C(C3)C(=O)C(C)C=C2)c(OC)c1. The van der Waals surface area contributed by atoms with Crippen LogP contribution < -0.4 is 9.47 Å². The zero-order valence-corrected chi connectivity index (χ0v) is 15.9. The van der Waals surface area contributed by atoms with E-state index in [4.69, 9.17) is 9.47 Å². The van der Waals surface area contributed by atoms with Gasteiger partial charge in [0, 0.05) is 39.3 Å². The minimum Gasteiger partial charge on any atom is -0.497 e. The number of benzene rings is 2. The lowest BCUT2D eigenvalue weighted by Crippen LogP contribution is -2.19. The molecule has 26 heavy (non-hydrogen) atoms. The van der Waals surface area contributed by atoms with Crippen molar-refractivity contribution in [1.82, 2.24) is 0 Å². The van der Waals surface area contributed by atoms with E-state index < -0.39 is 0 Å². The molecule has 0 spiro atoms. The lowest BCUT2D eigenvalue weighted by atomic mass is 9.89. The molecule has 0 aromatic heterocycles. The van der Waals surface area contributed by atoms with E-state index in [9.17, 15) is 4.79 Å². The number of carbonyl (C=O) groups excluding carboxylic acids is 1. The molecule has 1 aliphatic heterocycles. The van der Waals surface area contributed by atoms with Crippen molar-refractivity contribution in [2.45, 2.75) is 18.2 Å². The summed E-state index contributed by atoms with van der Waals surface area (Å²) in [4.78, 5) is 14.7. The number of hydrogen-bond donors (Lipinski definition) is 0. The monoisotopic (exact) mass is 364 g/mol. The Bertz CT molecular complexity index is 956. The van der Waals surface area contributed by atoms with Gasteiger partial charge in [0.1, 0.15) is 11.5 Å². The number of thioether (sulfide) groups is 1. The lowest BCUT2D eigenvalue weighted by Gasteiger charge is -2.25. The molecule has 1 atom stereocenters. The first kappa shape index (κ1) is 17.0. The fourth-order valence-corrected chi connectivity index (χ4v) is 4.53. The van der Waals surface area contributed by atoms with Gasteiger partial charge in [0.05, 0.1) is 14.2 Å². The summed E-state index contributed by atoms with van der Waals surface area (Å²) in [5.41, 5.74) is 4.28. The highest BCUT2D eigenvalue weighted by atomic mass is 32.2. The van der Waals surface area contributed by atoms with Crippen LogP contribution in [0.2, 0.25) is 0 Å². The van der Waals surface area contributed by atoms with Crippen molar-refractivity contribution >= 4 is 17.5 Å². The number of methoxy groups -OCH3 is 2. The molecule has 1 unspecified atom stereocenters. The Kier molecular flexibility index (Phi) is 4.37. The minimum absolute atomic E-state index is 0.0151. The molecule has 0 bridgehead atoms. The Balaban J connectivity index is 1.72. The number of allylic oxidation sites excluding steroid dienone is 3. The molecule has 2 aliphatic rings. The van der Waals surface area contributed by atoms with E-state index in [0.717, 1.165) is 33.1 Å². The maximum atomic E-state index is 12.5. The number of ether oxygens (including phenoxy) is 2. The molecule has 0 radical (unpaired) electrons. The molecular weight excluding hydrogens is 344 g/mol. The quantitative estimate of drug-likeness (QED) is 0.764. The molecule has 2 aromatic rings. The van der Waals surface area contributed by atoms with Crippen LogP contribution in [-0.2, 0) is 11.2 Å². The first-order chi connectivity index (χ1) is 12.6. The van der Waals surface area contributed by atoms with Gasteiger partial charge in [0.15, 0.2) is 5.78 Å². The molecule has 132 valence electrons. The molecule has 0 fully saturated rings. The molecule has 0 amide bonds. The standard InChI is InChI=1S/C22H20O3S/c1-13-4-9-20-18(22(13)23)10-15-6-5-14(11-21(15)26-20)17-8-7-16(24-2)12-19(17)25-3/h4-9,11-13H,10H2,1-3H3. The zero-order chi connectivity index (χ0) is 18.3. The molecule has 1 heterocycles. The van der Waals surface area contributed by atoms with Crippen molar-refractivity contribution in [3.8, 4) is 22.6 Å². The zero-order valence-electron chi connectivity index (χ0n) is 15.0. The molecule has 2 aromatic carbocycles. The second-order valence-corrected chi connectivity index (χ2v) is 7.61. The largest absolute Gasteiger partial charge is 0.497 e. The molecule has 4 heteroatoms. The van der Waals surface area contributed by atoms with Gasteiger partial charge in [-0.1, -0.05) is 43.0 Å². The van der Waals surface area contributed by atoms with E-state index in [0.29, 0.717) is 6.42 Å². The molecule has 0 saturated carbocycles. The predicted octanol–water partition coefficient (Wildman–Crippen LogP) is 5.05. The van der Waals surface area contributed by atoms with Crippen LogP contribution in [0.5, 0.6) is 11.5 Å². The molecular formula is C22H20O3S. The molecule has 0 N–H and O–H groups in total. The Morgan fingerprint density at radius 1 is 1.08 bits per heavy atom. The van der Waals surface area contributed by atoms with Crippen LogP contribution >= 0.6 is 11.8 Å². The summed E-state index contributed by atoms with van der Waals surface area (Å²) in [5, 5.41) is 0. The molecule has 0 saturated heterocycles.